The minimum Gasteiger partial charge on any atom is -0.493 e. The maximum atomic E-state index is 12.1. The van der Waals surface area contributed by atoms with Gasteiger partial charge >= 0.3 is 5.97 Å². The van der Waals surface area contributed by atoms with Gasteiger partial charge in [-0.25, -0.2) is 9.48 Å². The van der Waals surface area contributed by atoms with Gasteiger partial charge in [-0.2, -0.15) is 5.10 Å². The lowest BCUT2D eigenvalue weighted by Gasteiger charge is -2.27. The van der Waals surface area contributed by atoms with Crippen LogP contribution < -0.4 is 4.74 Å². The number of aromatic carboxylic acids is 1. The summed E-state index contributed by atoms with van der Waals surface area (Å²) in [6, 6.07) is 16.3. The van der Waals surface area contributed by atoms with Crippen molar-refractivity contribution in [2.75, 3.05) is 6.61 Å². The van der Waals surface area contributed by atoms with Gasteiger partial charge in [0.1, 0.15) is 11.3 Å². The summed E-state index contributed by atoms with van der Waals surface area (Å²) in [5.74, 6) is 1.61. The molecule has 8 nitrogen and oxygen atoms in total. The number of hydrogen-bond acceptors (Lipinski definition) is 5. The largest absolute Gasteiger partial charge is 0.493 e. The third kappa shape index (κ3) is 5.33. The summed E-state index contributed by atoms with van der Waals surface area (Å²) in [5, 5.41) is 22.7. The second kappa shape index (κ2) is 10.7. The smallest absolute Gasteiger partial charge is 0.339 e. The van der Waals surface area contributed by atoms with Crippen LogP contribution in [0.5, 0.6) is 5.75 Å². The first kappa shape index (κ1) is 25.3. The van der Waals surface area contributed by atoms with Crippen molar-refractivity contribution in [2.24, 2.45) is 18.9 Å². The van der Waals surface area contributed by atoms with Crippen LogP contribution in [-0.4, -0.2) is 42.5 Å². The number of benzene rings is 2. The van der Waals surface area contributed by atoms with Crippen LogP contribution in [0.3, 0.4) is 0 Å². The van der Waals surface area contributed by atoms with E-state index < -0.39 is 5.97 Å². The summed E-state index contributed by atoms with van der Waals surface area (Å²) in [7, 11) is 1.84. The lowest BCUT2D eigenvalue weighted by Crippen LogP contribution is -2.19. The number of carboxylic acid groups (broad SMARTS) is 1. The molecule has 6 rings (SSSR count). The quantitative estimate of drug-likeness (QED) is 0.278. The highest BCUT2D eigenvalue weighted by atomic mass is 16.5. The number of hydrogen-bond donors (Lipinski definition) is 1. The second-order valence-electron chi connectivity index (χ2n) is 11.1. The van der Waals surface area contributed by atoms with Crippen LogP contribution in [0.1, 0.15) is 79.0 Å². The van der Waals surface area contributed by atoms with E-state index in [1.165, 1.54) is 38.3 Å². The van der Waals surface area contributed by atoms with Crippen LogP contribution in [0.15, 0.2) is 60.9 Å². The zero-order valence-electron chi connectivity index (χ0n) is 22.5. The van der Waals surface area contributed by atoms with E-state index in [2.05, 4.69) is 46.6 Å². The molecular weight excluding hydrogens is 490 g/mol. The molecule has 1 N–H and O–H groups in total. The van der Waals surface area contributed by atoms with Crippen molar-refractivity contribution in [3.63, 3.8) is 0 Å². The Balaban J connectivity index is 1.22. The molecule has 0 spiro atoms. The highest BCUT2D eigenvalue weighted by Crippen LogP contribution is 2.55. The van der Waals surface area contributed by atoms with Crippen molar-refractivity contribution >= 4 is 5.97 Å². The first-order chi connectivity index (χ1) is 19.0. The molecule has 2 aliphatic carbocycles. The summed E-state index contributed by atoms with van der Waals surface area (Å²) >= 11 is 0. The summed E-state index contributed by atoms with van der Waals surface area (Å²) in [5.41, 5.74) is 4.75. The minimum absolute atomic E-state index is 0.0306. The van der Waals surface area contributed by atoms with Gasteiger partial charge < -0.3 is 9.84 Å². The van der Waals surface area contributed by atoms with Gasteiger partial charge in [-0.05, 0) is 66.5 Å². The van der Waals surface area contributed by atoms with Crippen LogP contribution in [0.4, 0.5) is 0 Å². The van der Waals surface area contributed by atoms with Crippen molar-refractivity contribution in [1.82, 2.24) is 24.8 Å². The van der Waals surface area contributed by atoms with E-state index in [-0.39, 0.29) is 17.4 Å². The minimum atomic E-state index is -0.967. The molecule has 0 aliphatic heterocycles. The Morgan fingerprint density at radius 1 is 1.03 bits per heavy atom. The van der Waals surface area contributed by atoms with E-state index in [4.69, 9.17) is 4.74 Å². The van der Waals surface area contributed by atoms with Crippen LogP contribution >= 0.6 is 0 Å². The Morgan fingerprint density at radius 2 is 1.77 bits per heavy atom. The average molecular weight is 526 g/mol. The molecule has 0 saturated heterocycles. The zero-order valence-corrected chi connectivity index (χ0v) is 22.5. The third-order valence-corrected chi connectivity index (χ3v) is 8.47. The van der Waals surface area contributed by atoms with E-state index in [1.807, 2.05) is 37.5 Å². The van der Waals surface area contributed by atoms with Gasteiger partial charge in [0.05, 0.1) is 29.9 Å². The number of carbonyl (C=O) groups is 1. The molecular formula is C31H35N5O3. The Morgan fingerprint density at radius 3 is 2.49 bits per heavy atom. The van der Waals surface area contributed by atoms with Gasteiger partial charge in [0, 0.05) is 25.1 Å². The van der Waals surface area contributed by atoms with Crippen LogP contribution in [0, 0.1) is 11.8 Å². The molecule has 0 radical (unpaired) electrons. The molecule has 2 saturated carbocycles. The van der Waals surface area contributed by atoms with Gasteiger partial charge in [-0.1, -0.05) is 55.7 Å². The summed E-state index contributed by atoms with van der Waals surface area (Å²) in [6.45, 7) is 3.06. The van der Waals surface area contributed by atoms with Gasteiger partial charge in [0.15, 0.2) is 0 Å². The summed E-state index contributed by atoms with van der Waals surface area (Å²) in [4.78, 5) is 12.1. The van der Waals surface area contributed by atoms with Crippen molar-refractivity contribution in [3.05, 3.63) is 77.9 Å². The number of ether oxygens (including phenoxy) is 1. The molecule has 2 fully saturated rings. The second-order valence-corrected chi connectivity index (χ2v) is 11.1. The number of aryl methyl sites for hydroxylation is 1. The molecule has 4 aromatic rings. The molecule has 2 heterocycles. The highest BCUT2D eigenvalue weighted by Gasteiger charge is 2.46. The van der Waals surface area contributed by atoms with Crippen molar-refractivity contribution in [2.45, 2.75) is 57.3 Å². The first-order valence-corrected chi connectivity index (χ1v) is 14.0. The standard InChI is InChI=1S/C31H35N5O3/c1-3-20-10-12-21(13-11-20)19-39-25-9-5-7-23(15-25)22-6-4-8-24(14-22)36-30(28(17-32-36)31(37)38)27-16-26(27)29-18-35(2)34-33-29/h4-9,14-15,17-18,20-21,26-27H,3,10-13,16,19H2,1-2H3,(H,37,38)/t20?,21?,26-,27-/m1/s1. The molecule has 0 unspecified atom stereocenters. The molecule has 2 aliphatic rings. The van der Waals surface area contributed by atoms with E-state index in [0.29, 0.717) is 11.6 Å². The topological polar surface area (TPSA) is 95.1 Å². The predicted molar refractivity (Wildman–Crippen MR) is 148 cm³/mol. The normalized spacial score (nSPS) is 22.5. The molecule has 0 bridgehead atoms. The van der Waals surface area contributed by atoms with E-state index in [0.717, 1.165) is 47.2 Å². The average Bonchev–Trinajstić information content (AvgIpc) is 3.41. The number of rotatable bonds is 9. The Bertz CT molecular complexity index is 1470. The summed E-state index contributed by atoms with van der Waals surface area (Å²) < 4.78 is 9.70. The first-order valence-electron chi connectivity index (χ1n) is 14.0. The van der Waals surface area contributed by atoms with E-state index in [1.54, 1.807) is 9.36 Å². The maximum Gasteiger partial charge on any atom is 0.339 e. The molecule has 39 heavy (non-hydrogen) atoms. The number of carboxylic acids is 1. The van der Waals surface area contributed by atoms with Crippen LogP contribution in [0.2, 0.25) is 0 Å². The number of aromatic nitrogens is 5. The fourth-order valence-electron chi connectivity index (χ4n) is 6.05. The summed E-state index contributed by atoms with van der Waals surface area (Å²) in [6.07, 6.45) is 10.6. The van der Waals surface area contributed by atoms with Crippen molar-refractivity contribution in [3.8, 4) is 22.6 Å². The fourth-order valence-corrected chi connectivity index (χ4v) is 6.05. The van der Waals surface area contributed by atoms with E-state index in [9.17, 15) is 9.90 Å². The van der Waals surface area contributed by atoms with Crippen molar-refractivity contribution < 1.29 is 14.6 Å². The van der Waals surface area contributed by atoms with Crippen LogP contribution in [0.25, 0.3) is 16.8 Å². The van der Waals surface area contributed by atoms with Crippen molar-refractivity contribution in [1.29, 1.82) is 0 Å². The SMILES string of the molecule is CCC1CCC(COc2cccc(-c3cccc(-n4ncc(C(=O)O)c4[C@@H]4C[C@H]4c4cn(C)nn4)c3)c2)CC1. The Hall–Kier alpha value is -3.94. The van der Waals surface area contributed by atoms with Gasteiger partial charge in [0.25, 0.3) is 0 Å². The lowest BCUT2D eigenvalue weighted by atomic mass is 9.81. The van der Waals surface area contributed by atoms with E-state index >= 15 is 0 Å². The maximum absolute atomic E-state index is 12.1. The Kier molecular flexibility index (Phi) is 6.94. The predicted octanol–water partition coefficient (Wildman–Crippen LogP) is 6.23. The lowest BCUT2D eigenvalue weighted by molar-refractivity contribution is 0.0695. The molecule has 2 atom stereocenters. The highest BCUT2D eigenvalue weighted by molar-refractivity contribution is 5.89. The zero-order chi connectivity index (χ0) is 26.9. The molecule has 8 heteroatoms. The van der Waals surface area contributed by atoms with Crippen LogP contribution in [-0.2, 0) is 7.05 Å². The fraction of sp³-hybridized carbons (Fsp3) is 0.419. The Labute approximate surface area is 228 Å². The van der Waals surface area contributed by atoms with Gasteiger partial charge in [-0.3, -0.25) is 4.68 Å². The molecule has 0 amide bonds. The van der Waals surface area contributed by atoms with Gasteiger partial charge in [0.2, 0.25) is 0 Å². The number of nitrogens with zero attached hydrogens (tertiary/aromatic N) is 5. The molecule has 2 aromatic heterocycles. The molecule has 202 valence electrons. The molecule has 2 aromatic carbocycles. The van der Waals surface area contributed by atoms with Gasteiger partial charge in [-0.15, -0.1) is 5.10 Å². The third-order valence-electron chi connectivity index (χ3n) is 8.47. The monoisotopic (exact) mass is 525 g/mol.